The van der Waals surface area contributed by atoms with Gasteiger partial charge in [-0.3, -0.25) is 19.2 Å². The lowest BCUT2D eigenvalue weighted by Crippen LogP contribution is -2.35. The Labute approximate surface area is 427 Å². The number of nitrogens with zero attached hydrogens (tertiary/aromatic N) is 4. The van der Waals surface area contributed by atoms with Gasteiger partial charge in [0.1, 0.15) is 51.3 Å². The number of rotatable bonds is 13. The zero-order valence-electron chi connectivity index (χ0n) is 41.3. The molecule has 6 aromatic rings. The summed E-state index contributed by atoms with van der Waals surface area (Å²) in [4.78, 5) is 77.2. The third-order valence-corrected chi connectivity index (χ3v) is 13.0. The average Bonchev–Trinajstić information content (AvgIpc) is 3.89. The van der Waals surface area contributed by atoms with Gasteiger partial charge in [0.15, 0.2) is 6.61 Å². The van der Waals surface area contributed by atoms with Crippen molar-refractivity contribution in [3.05, 3.63) is 94.6 Å². The molecule has 2 fully saturated rings. The smallest absolute Gasteiger partial charge is 0.344 e. The molecule has 18 nitrogen and oxygen atoms in total. The Morgan fingerprint density at radius 1 is 0.639 bits per heavy atom. The second kappa shape index (κ2) is 23.2. The number of aromatic nitrogens is 2. The zero-order chi connectivity index (χ0) is 51.9. The summed E-state index contributed by atoms with van der Waals surface area (Å²) in [6.45, 7) is 5.03. The van der Waals surface area contributed by atoms with Crippen LogP contribution in [0.15, 0.2) is 81.9 Å². The minimum atomic E-state index is -0.634. The lowest BCUT2D eigenvalue weighted by Gasteiger charge is -2.31. The number of pyridine rings is 2. The van der Waals surface area contributed by atoms with Crippen molar-refractivity contribution >= 4 is 97.7 Å². The van der Waals surface area contributed by atoms with Gasteiger partial charge in [-0.2, -0.15) is 0 Å². The molecule has 2 saturated carbocycles. The maximum atomic E-state index is 13.3. The van der Waals surface area contributed by atoms with E-state index in [1.54, 1.807) is 69.3 Å². The number of ether oxygens (including phenoxy) is 2. The molecule has 8 rings (SSSR count). The highest BCUT2D eigenvalue weighted by atomic mass is 35.5. The number of phenols is 1. The van der Waals surface area contributed by atoms with Gasteiger partial charge in [0, 0.05) is 59.2 Å². The Morgan fingerprint density at radius 3 is 1.50 bits per heavy atom. The van der Waals surface area contributed by atoms with Crippen LogP contribution in [-0.4, -0.2) is 107 Å². The van der Waals surface area contributed by atoms with E-state index in [4.69, 9.17) is 41.5 Å². The lowest BCUT2D eigenvalue weighted by molar-refractivity contribution is -0.157. The van der Waals surface area contributed by atoms with Crippen molar-refractivity contribution in [1.29, 1.82) is 0 Å². The molecule has 0 spiro atoms. The second-order valence-electron chi connectivity index (χ2n) is 19.4. The Kier molecular flexibility index (Phi) is 17.1. The molecule has 2 aliphatic carbocycles. The van der Waals surface area contributed by atoms with Crippen molar-refractivity contribution in [2.45, 2.75) is 89.8 Å². The van der Waals surface area contributed by atoms with Crippen molar-refractivity contribution in [3.63, 3.8) is 0 Å². The van der Waals surface area contributed by atoms with Crippen molar-refractivity contribution in [2.24, 2.45) is 11.8 Å². The molecule has 4 heterocycles. The van der Waals surface area contributed by atoms with Gasteiger partial charge in [0.25, 0.3) is 11.8 Å². The molecular weight excluding hydrogens is 968 g/mol. The standard InChI is InChI=1S/C29H35ClN4O6.C23H25ClN4O4/c1-29(2,3)40-24(35)16-38-20-11-12-21-22(14-20)39-26(28(37)32-23-13-8-18(30)15-31-23)25(21)33-27(36)17-6-9-19(10-7-17)34(4)5;1-28(2)15-6-3-13(4-7-15)22(30)27-20-17-9-8-16(29)11-18(17)32-21(20)23(31)26-19-10-5-14(24)12-25-19/h8,11-15,17,19H,6-7,9-10,16H2,1-5H3,(H,33,36)(H,31,32,37);5,8-13,15,29H,3-4,6-7H2,1-2H3,(H,27,30)(H,25,26,31). The second-order valence-corrected chi connectivity index (χ2v) is 20.2. The number of halogens is 2. The van der Waals surface area contributed by atoms with Crippen molar-refractivity contribution in [1.82, 2.24) is 19.8 Å². The van der Waals surface area contributed by atoms with Crippen molar-refractivity contribution < 1.29 is 47.4 Å². The molecular formula is C52H60Cl2N8O10. The van der Waals surface area contributed by atoms with E-state index in [2.05, 4.69) is 69.2 Å². The maximum absolute atomic E-state index is 13.3. The average molecular weight is 1030 g/mol. The van der Waals surface area contributed by atoms with Crippen molar-refractivity contribution in [3.8, 4) is 11.5 Å². The number of benzene rings is 2. The number of hydrogen-bond acceptors (Lipinski definition) is 14. The summed E-state index contributed by atoms with van der Waals surface area (Å²) < 4.78 is 22.5. The number of hydrogen-bond donors (Lipinski definition) is 5. The van der Waals surface area contributed by atoms with E-state index in [-0.39, 0.29) is 64.7 Å². The van der Waals surface area contributed by atoms with E-state index in [9.17, 15) is 29.1 Å². The third-order valence-electron chi connectivity index (χ3n) is 12.6. The van der Waals surface area contributed by atoms with Gasteiger partial charge in [-0.15, -0.1) is 0 Å². The largest absolute Gasteiger partial charge is 0.508 e. The van der Waals surface area contributed by atoms with Gasteiger partial charge >= 0.3 is 5.97 Å². The van der Waals surface area contributed by atoms with Gasteiger partial charge in [0.05, 0.1) is 10.0 Å². The molecule has 5 N–H and O–H groups in total. The van der Waals surface area contributed by atoms with Crippen molar-refractivity contribution in [2.75, 3.05) is 56.1 Å². The highest BCUT2D eigenvalue weighted by molar-refractivity contribution is 6.30. The number of amides is 4. The van der Waals surface area contributed by atoms with E-state index in [1.807, 2.05) is 0 Å². The number of fused-ring (bicyclic) bond motifs is 2. The van der Waals surface area contributed by atoms with Crippen LogP contribution >= 0.6 is 23.2 Å². The van der Waals surface area contributed by atoms with E-state index in [0.29, 0.717) is 55.6 Å². The maximum Gasteiger partial charge on any atom is 0.344 e. The van der Waals surface area contributed by atoms with Crippen LogP contribution in [0, 0.1) is 11.8 Å². The van der Waals surface area contributed by atoms with Gasteiger partial charge in [0.2, 0.25) is 23.3 Å². The van der Waals surface area contributed by atoms with Crippen LogP contribution in [0.25, 0.3) is 21.9 Å². The molecule has 0 bridgehead atoms. The third kappa shape index (κ3) is 13.8. The van der Waals surface area contributed by atoms with Crippen LogP contribution < -0.4 is 26.0 Å². The molecule has 4 amide bonds. The predicted molar refractivity (Wildman–Crippen MR) is 276 cm³/mol. The summed E-state index contributed by atoms with van der Waals surface area (Å²) in [5.41, 5.74) is 0.519. The number of nitrogens with one attached hydrogen (secondary N) is 4. The van der Waals surface area contributed by atoms with E-state index in [0.717, 1.165) is 51.4 Å². The van der Waals surface area contributed by atoms with Gasteiger partial charge in [-0.1, -0.05) is 23.2 Å². The summed E-state index contributed by atoms with van der Waals surface area (Å²) in [5.74, 6) is -1.51. The van der Waals surface area contributed by atoms with E-state index >= 15 is 0 Å². The number of carbonyl (C=O) groups is 5. The first-order valence-corrected chi connectivity index (χ1v) is 24.4. The molecule has 4 aromatic heterocycles. The Balaban J connectivity index is 0.000000216. The minimum Gasteiger partial charge on any atom is -0.508 e. The zero-order valence-corrected chi connectivity index (χ0v) is 42.8. The number of anilines is 4. The molecule has 0 atom stereocenters. The van der Waals surface area contributed by atoms with Gasteiger partial charge in [-0.25, -0.2) is 14.8 Å². The quantitative estimate of drug-likeness (QED) is 0.0678. The van der Waals surface area contributed by atoms with Crippen LogP contribution in [0.5, 0.6) is 11.5 Å². The van der Waals surface area contributed by atoms with Crippen LogP contribution in [0.1, 0.15) is 93.2 Å². The number of aromatic hydroxyl groups is 1. The molecule has 0 aliphatic heterocycles. The van der Waals surface area contributed by atoms with E-state index < -0.39 is 23.4 Å². The summed E-state index contributed by atoms with van der Waals surface area (Å²) in [6.07, 6.45) is 9.63. The fraction of sp³-hybridized carbons (Fsp3) is 0.404. The summed E-state index contributed by atoms with van der Waals surface area (Å²) >= 11 is 11.8. The van der Waals surface area contributed by atoms with Crippen LogP contribution in [0.4, 0.5) is 23.0 Å². The number of phenolic OH excluding ortho intramolecular Hbond substituents is 1. The predicted octanol–water partition coefficient (Wildman–Crippen LogP) is 10.0. The summed E-state index contributed by atoms with van der Waals surface area (Å²) in [5, 5.41) is 22.9. The fourth-order valence-electron chi connectivity index (χ4n) is 8.74. The molecule has 2 aromatic carbocycles. The SMILES string of the molecule is CN(C)C1CCC(C(=O)Nc2c(C(=O)Nc3ccc(Cl)cn3)oc3cc(O)ccc23)CC1.CN(C)C1CCC(C(=O)Nc2c(C(=O)Nc3ccc(Cl)cn3)oc3cc(OCC(=O)OC(C)(C)C)ccc23)CC1. The van der Waals surface area contributed by atoms with Crippen LogP contribution in [-0.2, 0) is 19.1 Å². The summed E-state index contributed by atoms with van der Waals surface area (Å²) in [6, 6.07) is 16.7. The van der Waals surface area contributed by atoms with Gasteiger partial charge < -0.3 is 54.5 Å². The topological polar surface area (TPSA) is 231 Å². The first-order valence-electron chi connectivity index (χ1n) is 23.7. The number of esters is 1. The fourth-order valence-corrected chi connectivity index (χ4v) is 8.96. The minimum absolute atomic E-state index is 0.00235. The molecule has 382 valence electrons. The first-order chi connectivity index (χ1) is 34.2. The Hall–Kier alpha value is -6.73. The molecule has 0 unspecified atom stereocenters. The number of furan rings is 2. The molecule has 0 radical (unpaired) electrons. The summed E-state index contributed by atoms with van der Waals surface area (Å²) in [7, 11) is 8.21. The Morgan fingerprint density at radius 2 is 1.08 bits per heavy atom. The van der Waals surface area contributed by atoms with Crippen LogP contribution in [0.2, 0.25) is 10.0 Å². The monoisotopic (exact) mass is 1030 g/mol. The molecule has 72 heavy (non-hydrogen) atoms. The molecule has 20 heteroatoms. The Bertz CT molecular complexity index is 2900. The highest BCUT2D eigenvalue weighted by Crippen LogP contribution is 2.38. The highest BCUT2D eigenvalue weighted by Gasteiger charge is 2.32. The normalized spacial score (nSPS) is 18.0. The van der Waals surface area contributed by atoms with Crippen LogP contribution in [0.3, 0.4) is 0 Å². The molecule has 2 aliphatic rings. The first kappa shape index (κ1) is 53.1. The lowest BCUT2D eigenvalue weighted by atomic mass is 9.85. The van der Waals surface area contributed by atoms with E-state index in [1.165, 1.54) is 24.5 Å². The molecule has 0 saturated heterocycles. The number of carbonyl (C=O) groups excluding carboxylic acids is 5. The van der Waals surface area contributed by atoms with Gasteiger partial charge in [-0.05, 0) is 149 Å².